The molecule has 138 valence electrons. The number of ether oxygens (including phenoxy) is 1. The Morgan fingerprint density at radius 2 is 1.81 bits per heavy atom. The molecule has 0 radical (unpaired) electrons. The highest BCUT2D eigenvalue weighted by Crippen LogP contribution is 2.26. The number of nitrogens with two attached hydrogens (primary N) is 1. The maximum atomic E-state index is 12.1. The predicted molar refractivity (Wildman–Crippen MR) is 107 cm³/mol. The summed E-state index contributed by atoms with van der Waals surface area (Å²) in [6, 6.07) is 14.1. The number of nitrogens with one attached hydrogen (secondary N) is 2. The average molecular weight is 382 g/mol. The number of rotatable bonds is 6. The van der Waals surface area contributed by atoms with E-state index < -0.39 is 0 Å². The van der Waals surface area contributed by atoms with Crippen molar-refractivity contribution < 1.29 is 14.3 Å². The third-order valence-electron chi connectivity index (χ3n) is 3.51. The maximum Gasteiger partial charge on any atom is 0.262 e. The van der Waals surface area contributed by atoms with Gasteiger partial charge in [0.15, 0.2) is 11.7 Å². The van der Waals surface area contributed by atoms with Gasteiger partial charge in [0.2, 0.25) is 5.91 Å². The minimum atomic E-state index is -0.286. The van der Waals surface area contributed by atoms with Crippen LogP contribution in [0.2, 0.25) is 0 Å². The maximum absolute atomic E-state index is 12.1. The first-order chi connectivity index (χ1) is 13.0. The molecule has 0 saturated heterocycles. The lowest BCUT2D eigenvalue weighted by molar-refractivity contribution is -0.118. The van der Waals surface area contributed by atoms with Crippen LogP contribution in [0.4, 0.5) is 16.5 Å². The topological polar surface area (TPSA) is 106 Å². The molecule has 0 aliphatic heterocycles. The van der Waals surface area contributed by atoms with Crippen LogP contribution in [0.15, 0.2) is 53.9 Å². The van der Waals surface area contributed by atoms with E-state index in [0.29, 0.717) is 22.3 Å². The molecule has 0 atom stereocenters. The zero-order valence-corrected chi connectivity index (χ0v) is 15.4. The molecule has 0 aliphatic rings. The fourth-order valence-electron chi connectivity index (χ4n) is 2.35. The van der Waals surface area contributed by atoms with Crippen LogP contribution in [0.5, 0.6) is 5.75 Å². The second kappa shape index (κ2) is 8.33. The Balaban J connectivity index is 1.55. The summed E-state index contributed by atoms with van der Waals surface area (Å²) in [4.78, 5) is 27.3. The van der Waals surface area contributed by atoms with Crippen LogP contribution < -0.4 is 21.1 Å². The summed E-state index contributed by atoms with van der Waals surface area (Å²) in [6.45, 7) is 1.31. The van der Waals surface area contributed by atoms with Gasteiger partial charge in [-0.2, -0.15) is 0 Å². The number of hydrogen-bond donors (Lipinski definition) is 3. The first-order valence-corrected chi connectivity index (χ1v) is 8.99. The second-order valence-electron chi connectivity index (χ2n) is 5.69. The van der Waals surface area contributed by atoms with Gasteiger partial charge in [0, 0.05) is 29.2 Å². The van der Waals surface area contributed by atoms with Crippen LogP contribution >= 0.6 is 11.3 Å². The van der Waals surface area contributed by atoms with E-state index in [1.807, 2.05) is 23.6 Å². The van der Waals surface area contributed by atoms with E-state index in [1.54, 1.807) is 30.3 Å². The van der Waals surface area contributed by atoms with Crippen molar-refractivity contribution in [3.63, 3.8) is 0 Å². The molecular weight excluding hydrogens is 364 g/mol. The Labute approximate surface area is 160 Å². The number of benzene rings is 2. The van der Waals surface area contributed by atoms with Crippen molar-refractivity contribution in [2.45, 2.75) is 6.92 Å². The lowest BCUT2D eigenvalue weighted by atomic mass is 10.2. The highest BCUT2D eigenvalue weighted by molar-refractivity contribution is 7.13. The van der Waals surface area contributed by atoms with E-state index in [-0.39, 0.29) is 18.4 Å². The van der Waals surface area contributed by atoms with Crippen LogP contribution in [0.1, 0.15) is 6.92 Å². The molecule has 3 rings (SSSR count). The molecule has 8 heteroatoms. The summed E-state index contributed by atoms with van der Waals surface area (Å²) < 4.78 is 5.56. The molecule has 4 N–H and O–H groups in total. The molecule has 1 aromatic heterocycles. The largest absolute Gasteiger partial charge is 0.484 e. The molecule has 0 unspecified atom stereocenters. The van der Waals surface area contributed by atoms with E-state index in [9.17, 15) is 9.59 Å². The molecule has 0 saturated carbocycles. The minimum Gasteiger partial charge on any atom is -0.484 e. The van der Waals surface area contributed by atoms with Gasteiger partial charge in [0.05, 0.1) is 5.69 Å². The number of nitrogen functional groups attached to an aromatic ring is 1. The molecule has 2 aromatic carbocycles. The van der Waals surface area contributed by atoms with Gasteiger partial charge in [0.25, 0.3) is 5.91 Å². The third-order valence-corrected chi connectivity index (χ3v) is 4.18. The minimum absolute atomic E-state index is 0.129. The van der Waals surface area contributed by atoms with Gasteiger partial charge in [-0.15, -0.1) is 11.3 Å². The molecule has 3 aromatic rings. The predicted octanol–water partition coefficient (Wildman–Crippen LogP) is 3.37. The molecule has 2 amide bonds. The van der Waals surface area contributed by atoms with Gasteiger partial charge in [0.1, 0.15) is 5.75 Å². The van der Waals surface area contributed by atoms with Crippen LogP contribution in [-0.4, -0.2) is 23.4 Å². The van der Waals surface area contributed by atoms with E-state index in [1.165, 1.54) is 18.3 Å². The van der Waals surface area contributed by atoms with Crippen molar-refractivity contribution in [1.82, 2.24) is 4.98 Å². The summed E-state index contributed by atoms with van der Waals surface area (Å²) in [6.07, 6.45) is 0. The van der Waals surface area contributed by atoms with E-state index >= 15 is 0 Å². The molecule has 1 heterocycles. The van der Waals surface area contributed by atoms with Crippen molar-refractivity contribution in [2.24, 2.45) is 0 Å². The number of nitrogens with zero attached hydrogens (tertiary/aromatic N) is 1. The van der Waals surface area contributed by atoms with Gasteiger partial charge >= 0.3 is 0 Å². The highest BCUT2D eigenvalue weighted by atomic mass is 32.1. The number of carbonyl (C=O) groups is 2. The number of anilines is 3. The monoisotopic (exact) mass is 382 g/mol. The lowest BCUT2D eigenvalue weighted by Crippen LogP contribution is -2.20. The van der Waals surface area contributed by atoms with Gasteiger partial charge < -0.3 is 21.1 Å². The fraction of sp³-hybridized carbons (Fsp3) is 0.105. The Morgan fingerprint density at radius 3 is 2.44 bits per heavy atom. The number of carbonyl (C=O) groups excluding carboxylic acids is 2. The smallest absolute Gasteiger partial charge is 0.262 e. The Hall–Kier alpha value is -3.39. The standard InChI is InChI=1S/C19H18N4O3S/c1-12(24)21-14-5-7-15(8-6-14)22-18(25)10-26-16-4-2-3-13(9-16)17-11-27-19(20)23-17/h2-9,11H,10H2,1H3,(H2,20,23)(H,21,24)(H,22,25). The van der Waals surface area contributed by atoms with Gasteiger partial charge in [-0.25, -0.2) is 4.98 Å². The Kier molecular flexibility index (Phi) is 5.68. The van der Waals surface area contributed by atoms with Crippen molar-refractivity contribution in [2.75, 3.05) is 23.0 Å². The van der Waals surface area contributed by atoms with Crippen molar-refractivity contribution >= 4 is 39.7 Å². The highest BCUT2D eigenvalue weighted by Gasteiger charge is 2.07. The van der Waals surface area contributed by atoms with Gasteiger partial charge in [-0.1, -0.05) is 12.1 Å². The Morgan fingerprint density at radius 1 is 1.11 bits per heavy atom. The molecule has 7 nitrogen and oxygen atoms in total. The summed E-state index contributed by atoms with van der Waals surface area (Å²) in [5, 5.41) is 7.77. The fourth-order valence-corrected chi connectivity index (χ4v) is 2.92. The molecule has 0 spiro atoms. The second-order valence-corrected chi connectivity index (χ2v) is 6.58. The van der Waals surface area contributed by atoms with Crippen molar-refractivity contribution in [3.05, 3.63) is 53.9 Å². The van der Waals surface area contributed by atoms with E-state index in [4.69, 9.17) is 10.5 Å². The first kappa shape index (κ1) is 18.4. The third kappa shape index (κ3) is 5.29. The van der Waals surface area contributed by atoms with Crippen molar-refractivity contribution in [1.29, 1.82) is 0 Å². The van der Waals surface area contributed by atoms with E-state index in [2.05, 4.69) is 15.6 Å². The van der Waals surface area contributed by atoms with Gasteiger partial charge in [-0.05, 0) is 36.4 Å². The summed E-state index contributed by atoms with van der Waals surface area (Å²) in [5.74, 6) is 0.128. The number of thiazole rings is 1. The zero-order valence-electron chi connectivity index (χ0n) is 14.6. The first-order valence-electron chi connectivity index (χ1n) is 8.11. The summed E-state index contributed by atoms with van der Waals surface area (Å²) in [5.41, 5.74) is 8.58. The molecule has 0 fully saturated rings. The van der Waals surface area contributed by atoms with E-state index in [0.717, 1.165) is 11.3 Å². The normalized spacial score (nSPS) is 10.3. The quantitative estimate of drug-likeness (QED) is 0.606. The molecule has 0 aliphatic carbocycles. The SMILES string of the molecule is CC(=O)Nc1ccc(NC(=O)COc2cccc(-c3csc(N)n3)c2)cc1. The van der Waals surface area contributed by atoms with Crippen LogP contribution in [0.25, 0.3) is 11.3 Å². The average Bonchev–Trinajstić information content (AvgIpc) is 3.08. The molecule has 27 heavy (non-hydrogen) atoms. The lowest BCUT2D eigenvalue weighted by Gasteiger charge is -2.09. The summed E-state index contributed by atoms with van der Waals surface area (Å²) >= 11 is 1.37. The van der Waals surface area contributed by atoms with Gasteiger partial charge in [-0.3, -0.25) is 9.59 Å². The van der Waals surface area contributed by atoms with Crippen molar-refractivity contribution in [3.8, 4) is 17.0 Å². The Bertz CT molecular complexity index is 954. The number of aromatic nitrogens is 1. The number of hydrogen-bond acceptors (Lipinski definition) is 6. The molecule has 0 bridgehead atoms. The summed E-state index contributed by atoms with van der Waals surface area (Å²) in [7, 11) is 0. The zero-order chi connectivity index (χ0) is 19.2. The molecular formula is C19H18N4O3S. The van der Waals surface area contributed by atoms with Crippen LogP contribution in [-0.2, 0) is 9.59 Å². The van der Waals surface area contributed by atoms with Crippen LogP contribution in [0.3, 0.4) is 0 Å². The van der Waals surface area contributed by atoms with Crippen LogP contribution in [0, 0.1) is 0 Å². The number of amides is 2.